The summed E-state index contributed by atoms with van der Waals surface area (Å²) in [6, 6.07) is -0.962. The molecular formula is C42H81N2O9P. The summed E-state index contributed by atoms with van der Waals surface area (Å²) in [7, 11) is 1.13. The third-order valence-electron chi connectivity index (χ3n) is 10.5. The lowest BCUT2D eigenvalue weighted by Gasteiger charge is -2.29. The molecule has 0 heterocycles. The number of phosphoric ester groups is 1. The van der Waals surface area contributed by atoms with Gasteiger partial charge >= 0.3 is 0 Å². The van der Waals surface area contributed by atoms with Crippen LogP contribution < -0.4 is 10.2 Å². The molecule has 8 atom stereocenters. The molecule has 1 aliphatic rings. The van der Waals surface area contributed by atoms with E-state index in [1.165, 1.54) is 51.4 Å². The molecule has 0 saturated heterocycles. The van der Waals surface area contributed by atoms with Gasteiger partial charge in [-0.1, -0.05) is 134 Å². The van der Waals surface area contributed by atoms with E-state index in [2.05, 4.69) is 19.2 Å². The minimum atomic E-state index is -4.64. The molecule has 0 aromatic heterocycles. The van der Waals surface area contributed by atoms with Gasteiger partial charge in [0.15, 0.2) is 0 Å². The Morgan fingerprint density at radius 3 is 2.07 bits per heavy atom. The van der Waals surface area contributed by atoms with Crippen LogP contribution in [0.25, 0.3) is 0 Å². The molecule has 0 spiro atoms. The first-order chi connectivity index (χ1) is 25.7. The molecule has 12 heteroatoms. The van der Waals surface area contributed by atoms with Crippen LogP contribution >= 0.6 is 7.82 Å². The largest absolute Gasteiger partial charge is 0.756 e. The fraction of sp³-hybridized carbons (Fsp3) is 0.881. The molecule has 1 aliphatic carbocycles. The first-order valence-electron chi connectivity index (χ1n) is 21.5. The van der Waals surface area contributed by atoms with Gasteiger partial charge in [0.2, 0.25) is 5.91 Å². The maximum atomic E-state index is 12.9. The van der Waals surface area contributed by atoms with Gasteiger partial charge < -0.3 is 44.2 Å². The average molecular weight is 789 g/mol. The van der Waals surface area contributed by atoms with E-state index in [4.69, 9.17) is 9.05 Å². The van der Waals surface area contributed by atoms with Crippen LogP contribution in [0.5, 0.6) is 0 Å². The SMILES string of the molecule is CCCCCCCCCCCC/C=C/[C@@H](O)[C@H](COP(=O)([O-])OCC[N+](C)(C)C)NC(=O)CCCCCC[C@@H]1[C@@H](/C=C/[C@@H](O)CCCCC)[C@H](O)C[C@@H]1O. The van der Waals surface area contributed by atoms with Gasteiger partial charge in [-0.2, -0.15) is 0 Å². The number of unbranched alkanes of at least 4 members (excludes halogenated alkanes) is 15. The van der Waals surface area contributed by atoms with Crippen molar-refractivity contribution < 1.29 is 48.2 Å². The Bertz CT molecular complexity index is 1050. The van der Waals surface area contributed by atoms with Gasteiger partial charge in [-0.3, -0.25) is 9.36 Å². The molecule has 11 nitrogen and oxygen atoms in total. The first kappa shape index (κ1) is 50.9. The Kier molecular flexibility index (Phi) is 28.3. The average Bonchev–Trinajstić information content (AvgIpc) is 3.37. The smallest absolute Gasteiger partial charge is 0.268 e. The van der Waals surface area contributed by atoms with Crippen molar-refractivity contribution in [2.75, 3.05) is 40.9 Å². The van der Waals surface area contributed by atoms with Crippen LogP contribution in [0.3, 0.4) is 0 Å². The number of hydrogen-bond acceptors (Lipinski definition) is 9. The number of quaternary nitrogens is 1. The number of amides is 1. The number of nitrogens with one attached hydrogen (secondary N) is 1. The standard InChI is InChI=1S/C42H81N2O9P/c1-6-8-10-11-12-13-14-15-16-17-18-23-27-39(46)38(34-53-54(50,51)52-32-31-44(3,4)5)43-42(49)28-24-20-19-22-26-36-37(41(48)33-40(36)47)30-29-35(45)25-21-9-7-2/h23,27,29-30,35-41,45-48H,6-22,24-26,28,31-34H2,1-5H3,(H-,43,49,50,51)/b27-23+,30-29+/t35-,36+,37+,38-,39+,40-,41+/m0/s1. The highest BCUT2D eigenvalue weighted by Gasteiger charge is 2.39. The van der Waals surface area contributed by atoms with Crippen molar-refractivity contribution in [3.63, 3.8) is 0 Å². The van der Waals surface area contributed by atoms with Crippen LogP contribution in [0.4, 0.5) is 0 Å². The summed E-state index contributed by atoms with van der Waals surface area (Å²) in [5.74, 6) is -0.556. The van der Waals surface area contributed by atoms with E-state index in [9.17, 15) is 34.7 Å². The van der Waals surface area contributed by atoms with Crippen molar-refractivity contribution in [1.29, 1.82) is 0 Å². The van der Waals surface area contributed by atoms with Crippen molar-refractivity contribution in [2.24, 2.45) is 11.8 Å². The Morgan fingerprint density at radius 1 is 0.833 bits per heavy atom. The second-order valence-electron chi connectivity index (χ2n) is 16.7. The van der Waals surface area contributed by atoms with E-state index < -0.39 is 44.9 Å². The van der Waals surface area contributed by atoms with Crippen molar-refractivity contribution in [3.8, 4) is 0 Å². The minimum absolute atomic E-state index is 0.0392. The predicted molar refractivity (Wildman–Crippen MR) is 217 cm³/mol. The maximum Gasteiger partial charge on any atom is 0.268 e. The number of carbonyl (C=O) groups excluding carboxylic acids is 1. The number of carbonyl (C=O) groups is 1. The molecule has 1 amide bonds. The molecule has 0 aromatic carbocycles. The second kappa shape index (κ2) is 30.0. The van der Waals surface area contributed by atoms with Crippen LogP contribution in [-0.4, -0.2) is 102 Å². The van der Waals surface area contributed by atoms with E-state index in [1.807, 2.05) is 33.3 Å². The highest BCUT2D eigenvalue weighted by atomic mass is 31.2. The van der Waals surface area contributed by atoms with Gasteiger partial charge in [-0.15, -0.1) is 0 Å². The Morgan fingerprint density at radius 2 is 1.43 bits per heavy atom. The number of hydrogen-bond donors (Lipinski definition) is 5. The lowest BCUT2D eigenvalue weighted by Crippen LogP contribution is -2.45. The molecule has 5 N–H and O–H groups in total. The van der Waals surface area contributed by atoms with Gasteiger partial charge in [0.25, 0.3) is 7.82 Å². The highest BCUT2D eigenvalue weighted by molar-refractivity contribution is 7.45. The predicted octanol–water partition coefficient (Wildman–Crippen LogP) is 7.10. The molecular weight excluding hydrogens is 707 g/mol. The van der Waals surface area contributed by atoms with Crippen LogP contribution in [-0.2, 0) is 18.4 Å². The lowest BCUT2D eigenvalue weighted by atomic mass is 9.88. The third kappa shape index (κ3) is 25.9. The maximum absolute atomic E-state index is 12.9. The Labute approximate surface area is 329 Å². The van der Waals surface area contributed by atoms with E-state index >= 15 is 0 Å². The van der Waals surface area contributed by atoms with Gasteiger partial charge in [0, 0.05) is 18.8 Å². The van der Waals surface area contributed by atoms with Gasteiger partial charge in [0.05, 0.1) is 58.2 Å². The summed E-state index contributed by atoms with van der Waals surface area (Å²) < 4.78 is 23.1. The molecule has 0 aromatic rings. The lowest BCUT2D eigenvalue weighted by molar-refractivity contribution is -0.870. The zero-order chi connectivity index (χ0) is 40.2. The van der Waals surface area contributed by atoms with E-state index in [-0.39, 0.29) is 30.8 Å². The first-order valence-corrected chi connectivity index (χ1v) is 22.9. The topological polar surface area (TPSA) is 169 Å². The van der Waals surface area contributed by atoms with E-state index in [1.54, 1.807) is 12.2 Å². The molecule has 0 bridgehead atoms. The molecule has 1 unspecified atom stereocenters. The quantitative estimate of drug-likeness (QED) is 0.0198. The summed E-state index contributed by atoms with van der Waals surface area (Å²) in [6.07, 6.45) is 25.7. The van der Waals surface area contributed by atoms with Gasteiger partial charge in [0.1, 0.15) is 13.2 Å². The van der Waals surface area contributed by atoms with Crippen molar-refractivity contribution in [3.05, 3.63) is 24.3 Å². The third-order valence-corrected chi connectivity index (χ3v) is 11.5. The fourth-order valence-corrected chi connectivity index (χ4v) is 7.73. The van der Waals surface area contributed by atoms with Gasteiger partial charge in [-0.05, 0) is 38.0 Å². The molecule has 54 heavy (non-hydrogen) atoms. The van der Waals surface area contributed by atoms with Crippen LogP contribution in [0.2, 0.25) is 0 Å². The zero-order valence-electron chi connectivity index (χ0n) is 34.8. The zero-order valence-corrected chi connectivity index (χ0v) is 35.6. The number of likely N-dealkylation sites (N-methyl/N-ethyl adjacent to an activating group) is 1. The number of aliphatic hydroxyl groups excluding tert-OH is 4. The van der Waals surface area contributed by atoms with Crippen molar-refractivity contribution >= 4 is 13.7 Å². The van der Waals surface area contributed by atoms with Crippen molar-refractivity contribution in [1.82, 2.24) is 5.32 Å². The fourth-order valence-electron chi connectivity index (χ4n) is 7.01. The molecule has 318 valence electrons. The van der Waals surface area contributed by atoms with E-state index in [0.29, 0.717) is 30.3 Å². The summed E-state index contributed by atoms with van der Waals surface area (Å²) in [6.45, 7) is 4.34. The molecule has 1 saturated carbocycles. The summed E-state index contributed by atoms with van der Waals surface area (Å²) >= 11 is 0. The van der Waals surface area contributed by atoms with Crippen LogP contribution in [0.1, 0.15) is 155 Å². The molecule has 1 fully saturated rings. The van der Waals surface area contributed by atoms with Crippen LogP contribution in [0.15, 0.2) is 24.3 Å². The Hall–Kier alpha value is -1.14. The number of phosphoric acid groups is 1. The number of nitrogens with zero attached hydrogens (tertiary/aromatic N) is 1. The molecule has 1 rings (SSSR count). The number of allylic oxidation sites excluding steroid dienone is 1. The number of aliphatic hydroxyl groups is 4. The minimum Gasteiger partial charge on any atom is -0.756 e. The van der Waals surface area contributed by atoms with Gasteiger partial charge in [-0.25, -0.2) is 0 Å². The number of rotatable bonds is 34. The Balaban J connectivity index is 2.56. The normalized spacial score (nSPS) is 22.2. The highest BCUT2D eigenvalue weighted by Crippen LogP contribution is 2.39. The molecule has 0 aliphatic heterocycles. The van der Waals surface area contributed by atoms with Crippen molar-refractivity contribution in [2.45, 2.75) is 186 Å². The van der Waals surface area contributed by atoms with Crippen LogP contribution in [0, 0.1) is 11.8 Å². The monoisotopic (exact) mass is 789 g/mol. The van der Waals surface area contributed by atoms with E-state index in [0.717, 1.165) is 64.2 Å². The summed E-state index contributed by atoms with van der Waals surface area (Å²) in [4.78, 5) is 25.4. The summed E-state index contributed by atoms with van der Waals surface area (Å²) in [5.41, 5.74) is 0. The molecule has 0 radical (unpaired) electrons. The summed E-state index contributed by atoms with van der Waals surface area (Å²) in [5, 5.41) is 45.2. The second-order valence-corrected chi connectivity index (χ2v) is 18.1.